The van der Waals surface area contributed by atoms with E-state index in [1.54, 1.807) is 0 Å². The van der Waals surface area contributed by atoms with E-state index in [9.17, 15) is 4.79 Å². The van der Waals surface area contributed by atoms with Gasteiger partial charge in [-0.3, -0.25) is 4.79 Å². The third kappa shape index (κ3) is 3.30. The van der Waals surface area contributed by atoms with Gasteiger partial charge in [0.2, 0.25) is 0 Å². The van der Waals surface area contributed by atoms with Crippen LogP contribution in [0.1, 0.15) is 43.1 Å². The van der Waals surface area contributed by atoms with Gasteiger partial charge in [-0.05, 0) is 35.4 Å². The molecule has 1 aliphatic rings. The summed E-state index contributed by atoms with van der Waals surface area (Å²) in [4.78, 5) is 14.3. The van der Waals surface area contributed by atoms with E-state index in [0.29, 0.717) is 11.8 Å². The second-order valence-corrected chi connectivity index (χ2v) is 6.70. The van der Waals surface area contributed by atoms with Gasteiger partial charge in [-0.1, -0.05) is 32.9 Å². The van der Waals surface area contributed by atoms with Crippen molar-refractivity contribution in [2.75, 3.05) is 19.0 Å². The van der Waals surface area contributed by atoms with Gasteiger partial charge in [0.15, 0.2) is 0 Å². The van der Waals surface area contributed by atoms with Crippen molar-refractivity contribution in [3.05, 3.63) is 35.4 Å². The van der Waals surface area contributed by atoms with Crippen molar-refractivity contribution in [2.45, 2.75) is 32.6 Å². The topological polar surface area (TPSA) is 20.3 Å². The summed E-state index contributed by atoms with van der Waals surface area (Å²) in [6.07, 6.45) is 1.02. The molecular weight excluding hydrogens is 258 g/mol. The minimum Gasteiger partial charge on any atom is -0.338 e. The van der Waals surface area contributed by atoms with Crippen LogP contribution < -0.4 is 0 Å². The summed E-state index contributed by atoms with van der Waals surface area (Å²) >= 11 is 5.86. The maximum Gasteiger partial charge on any atom is 0.253 e. The molecule has 1 atom stereocenters. The highest BCUT2D eigenvalue weighted by Crippen LogP contribution is 2.24. The van der Waals surface area contributed by atoms with Crippen molar-refractivity contribution in [1.29, 1.82) is 0 Å². The SMILES string of the molecule is CC(C)(C)c1ccc(C(=O)N2CCC(CCl)C2)cc1. The largest absolute Gasteiger partial charge is 0.338 e. The minimum atomic E-state index is 0.124. The van der Waals surface area contributed by atoms with E-state index in [1.807, 2.05) is 17.0 Å². The molecule has 1 heterocycles. The lowest BCUT2D eigenvalue weighted by atomic mass is 9.86. The maximum atomic E-state index is 12.4. The van der Waals surface area contributed by atoms with Crippen LogP contribution in [0, 0.1) is 5.92 Å². The van der Waals surface area contributed by atoms with E-state index in [0.717, 1.165) is 25.1 Å². The number of alkyl halides is 1. The molecule has 1 amide bonds. The molecule has 1 unspecified atom stereocenters. The Bertz CT molecular complexity index is 447. The van der Waals surface area contributed by atoms with Crippen LogP contribution >= 0.6 is 11.6 Å². The summed E-state index contributed by atoms with van der Waals surface area (Å²) in [5, 5.41) is 0. The number of likely N-dealkylation sites (tertiary alicyclic amines) is 1. The number of halogens is 1. The van der Waals surface area contributed by atoms with Crippen molar-refractivity contribution in [3.63, 3.8) is 0 Å². The zero-order valence-corrected chi connectivity index (χ0v) is 12.7. The number of hydrogen-bond acceptors (Lipinski definition) is 1. The first-order valence-electron chi connectivity index (χ1n) is 6.87. The molecule has 2 nitrogen and oxygen atoms in total. The summed E-state index contributed by atoms with van der Waals surface area (Å²) < 4.78 is 0. The molecule has 1 aromatic rings. The van der Waals surface area contributed by atoms with Gasteiger partial charge in [-0.15, -0.1) is 11.6 Å². The standard InChI is InChI=1S/C16H22ClNO/c1-16(2,3)14-6-4-13(5-7-14)15(19)18-9-8-12(10-17)11-18/h4-7,12H,8-11H2,1-3H3. The van der Waals surface area contributed by atoms with Gasteiger partial charge in [0.05, 0.1) is 0 Å². The second-order valence-electron chi connectivity index (χ2n) is 6.39. The average molecular weight is 280 g/mol. The van der Waals surface area contributed by atoms with Crippen molar-refractivity contribution < 1.29 is 4.79 Å². The van der Waals surface area contributed by atoms with Crippen molar-refractivity contribution in [3.8, 4) is 0 Å². The van der Waals surface area contributed by atoms with Gasteiger partial charge >= 0.3 is 0 Å². The number of benzene rings is 1. The molecule has 1 aromatic carbocycles. The number of amides is 1. The molecule has 3 heteroatoms. The van der Waals surface area contributed by atoms with Crippen LogP contribution in [-0.4, -0.2) is 29.8 Å². The number of nitrogens with zero attached hydrogens (tertiary/aromatic N) is 1. The first-order valence-corrected chi connectivity index (χ1v) is 7.41. The Morgan fingerprint density at radius 3 is 2.42 bits per heavy atom. The van der Waals surface area contributed by atoms with Crippen LogP contribution in [-0.2, 0) is 5.41 Å². The third-order valence-electron chi connectivity index (χ3n) is 3.79. The fraction of sp³-hybridized carbons (Fsp3) is 0.562. The molecule has 0 aromatic heterocycles. The minimum absolute atomic E-state index is 0.124. The van der Waals surface area contributed by atoms with E-state index < -0.39 is 0 Å². The molecule has 104 valence electrons. The fourth-order valence-electron chi connectivity index (χ4n) is 2.44. The zero-order valence-electron chi connectivity index (χ0n) is 11.9. The third-order valence-corrected chi connectivity index (χ3v) is 4.23. The summed E-state index contributed by atoms with van der Waals surface area (Å²) in [5.74, 6) is 1.24. The molecule has 1 saturated heterocycles. The molecule has 2 rings (SSSR count). The molecular formula is C16H22ClNO. The molecule has 0 aliphatic carbocycles. The highest BCUT2D eigenvalue weighted by molar-refractivity contribution is 6.18. The normalized spacial score (nSPS) is 19.8. The maximum absolute atomic E-state index is 12.4. The molecule has 0 N–H and O–H groups in total. The van der Waals surface area contributed by atoms with Crippen LogP contribution in [0.2, 0.25) is 0 Å². The smallest absolute Gasteiger partial charge is 0.253 e. The van der Waals surface area contributed by atoms with Crippen LogP contribution in [0.4, 0.5) is 0 Å². The van der Waals surface area contributed by atoms with Crippen molar-refractivity contribution >= 4 is 17.5 Å². The average Bonchev–Trinajstić information content (AvgIpc) is 2.86. The molecule has 0 radical (unpaired) electrons. The lowest BCUT2D eigenvalue weighted by molar-refractivity contribution is 0.0788. The van der Waals surface area contributed by atoms with Gasteiger partial charge in [0.25, 0.3) is 5.91 Å². The Labute approximate surface area is 120 Å². The Morgan fingerprint density at radius 1 is 1.32 bits per heavy atom. The van der Waals surface area contributed by atoms with Gasteiger partial charge in [0, 0.05) is 24.5 Å². The monoisotopic (exact) mass is 279 g/mol. The molecule has 19 heavy (non-hydrogen) atoms. The molecule has 1 aliphatic heterocycles. The quantitative estimate of drug-likeness (QED) is 0.756. The summed E-state index contributed by atoms with van der Waals surface area (Å²) in [6.45, 7) is 8.15. The van der Waals surface area contributed by atoms with Gasteiger partial charge in [-0.25, -0.2) is 0 Å². The number of carbonyl (C=O) groups excluding carboxylic acids is 1. The zero-order chi connectivity index (χ0) is 14.0. The highest BCUT2D eigenvalue weighted by atomic mass is 35.5. The highest BCUT2D eigenvalue weighted by Gasteiger charge is 2.26. The van der Waals surface area contributed by atoms with Crippen molar-refractivity contribution in [1.82, 2.24) is 4.90 Å². The van der Waals surface area contributed by atoms with E-state index >= 15 is 0 Å². The van der Waals surface area contributed by atoms with Gasteiger partial charge in [0.1, 0.15) is 0 Å². The molecule has 0 bridgehead atoms. The lowest BCUT2D eigenvalue weighted by Gasteiger charge is -2.20. The number of hydrogen-bond donors (Lipinski definition) is 0. The fourth-order valence-corrected chi connectivity index (χ4v) is 2.69. The summed E-state index contributed by atoms with van der Waals surface area (Å²) in [5.41, 5.74) is 2.16. The molecule has 0 saturated carbocycles. The lowest BCUT2D eigenvalue weighted by Crippen LogP contribution is -2.29. The predicted octanol–water partition coefficient (Wildman–Crippen LogP) is 3.69. The Hall–Kier alpha value is -1.02. The first-order chi connectivity index (χ1) is 8.91. The Balaban J connectivity index is 2.08. The predicted molar refractivity (Wildman–Crippen MR) is 79.9 cm³/mol. The molecule has 1 fully saturated rings. The Kier molecular flexibility index (Phi) is 4.19. The van der Waals surface area contributed by atoms with E-state index in [-0.39, 0.29) is 11.3 Å². The number of rotatable bonds is 2. The van der Waals surface area contributed by atoms with E-state index in [1.165, 1.54) is 5.56 Å². The van der Waals surface area contributed by atoms with Crippen LogP contribution in [0.15, 0.2) is 24.3 Å². The van der Waals surface area contributed by atoms with E-state index in [4.69, 9.17) is 11.6 Å². The summed E-state index contributed by atoms with van der Waals surface area (Å²) in [7, 11) is 0. The summed E-state index contributed by atoms with van der Waals surface area (Å²) in [6, 6.07) is 8.00. The van der Waals surface area contributed by atoms with Gasteiger partial charge < -0.3 is 4.90 Å². The van der Waals surface area contributed by atoms with Gasteiger partial charge in [-0.2, -0.15) is 0 Å². The Morgan fingerprint density at radius 2 is 1.95 bits per heavy atom. The second kappa shape index (κ2) is 5.54. The van der Waals surface area contributed by atoms with Crippen LogP contribution in [0.25, 0.3) is 0 Å². The first kappa shape index (κ1) is 14.4. The molecule has 0 spiro atoms. The number of carbonyl (C=O) groups is 1. The van der Waals surface area contributed by atoms with Crippen LogP contribution in [0.3, 0.4) is 0 Å². The van der Waals surface area contributed by atoms with Crippen LogP contribution in [0.5, 0.6) is 0 Å². The van der Waals surface area contributed by atoms with E-state index in [2.05, 4.69) is 32.9 Å². The van der Waals surface area contributed by atoms with Crippen molar-refractivity contribution in [2.24, 2.45) is 5.92 Å².